The van der Waals surface area contributed by atoms with Gasteiger partial charge in [-0.25, -0.2) is 0 Å². The molecule has 53 heavy (non-hydrogen) atoms. The van der Waals surface area contributed by atoms with Gasteiger partial charge in [-0.05, 0) is 50.3 Å². The Bertz CT molecular complexity index is 1440. The Morgan fingerprint density at radius 1 is 0.792 bits per heavy atom. The minimum atomic E-state index is -5.30. The first-order valence-electron chi connectivity index (χ1n) is 17.9. The molecule has 1 unspecified atom stereocenters. The van der Waals surface area contributed by atoms with E-state index >= 15 is 0 Å². The van der Waals surface area contributed by atoms with E-state index in [1.165, 1.54) is 0 Å². The highest BCUT2D eigenvalue weighted by molar-refractivity contribution is 9.11. The molecule has 0 radical (unpaired) electrons. The molecule has 4 atom stereocenters. The molecule has 1 aliphatic carbocycles. The summed E-state index contributed by atoms with van der Waals surface area (Å²) in [4.78, 5) is 13.9. The maximum absolute atomic E-state index is 13.9. The van der Waals surface area contributed by atoms with Crippen LogP contribution in [0.2, 0.25) is 21.7 Å². The Labute approximate surface area is 321 Å². The van der Waals surface area contributed by atoms with Gasteiger partial charge in [-0.15, -0.1) is 0 Å². The highest BCUT2D eigenvalue weighted by Gasteiger charge is 2.56. The lowest BCUT2D eigenvalue weighted by molar-refractivity contribution is -0.165. The van der Waals surface area contributed by atoms with Crippen LogP contribution in [0.25, 0.3) is 0 Å². The molecule has 0 spiro atoms. The van der Waals surface area contributed by atoms with Crippen molar-refractivity contribution in [1.82, 2.24) is 0 Å². The monoisotopic (exact) mass is 874 g/mol. The topological polar surface area (TPSA) is 71.1 Å². The fraction of sp³-hybridized carbons (Fsp3) is 0.649. The van der Waals surface area contributed by atoms with E-state index < -0.39 is 72.2 Å². The van der Waals surface area contributed by atoms with Gasteiger partial charge < -0.3 is 8.85 Å². The van der Waals surface area contributed by atoms with Crippen molar-refractivity contribution in [2.45, 2.75) is 120 Å². The average Bonchev–Trinajstić information content (AvgIpc) is 3.05. The summed E-state index contributed by atoms with van der Waals surface area (Å²) in [6, 6.07) is 20.0. The molecular weight excluding hydrogens is 821 g/mol. The number of hydrogen-bond acceptors (Lipinski definition) is 6. The molecule has 1 aliphatic rings. The Kier molecular flexibility index (Phi) is 15.5. The van der Waals surface area contributed by atoms with Gasteiger partial charge >= 0.3 is 19.9 Å². The first kappa shape index (κ1) is 46.1. The average molecular weight is 876 g/mol. The zero-order chi connectivity index (χ0) is 40.2. The molecule has 0 saturated heterocycles. The molecular formula is C37H54BrF6O6PSi2. The number of carbonyl (C=O) groups is 1. The third-order valence-corrected chi connectivity index (χ3v) is 25.4. The van der Waals surface area contributed by atoms with Gasteiger partial charge in [0.2, 0.25) is 8.32 Å². The molecule has 16 heteroatoms. The van der Waals surface area contributed by atoms with Gasteiger partial charge in [-0.2, -0.15) is 26.3 Å². The van der Waals surface area contributed by atoms with Crippen molar-refractivity contribution in [3.8, 4) is 0 Å². The summed E-state index contributed by atoms with van der Waals surface area (Å²) in [5.41, 5.74) is 0.589. The van der Waals surface area contributed by atoms with Crippen molar-refractivity contribution in [3.05, 3.63) is 60.7 Å². The van der Waals surface area contributed by atoms with Crippen molar-refractivity contribution in [3.63, 3.8) is 0 Å². The molecule has 3 rings (SSSR count). The summed E-state index contributed by atoms with van der Waals surface area (Å²) in [6.07, 6.45) is -10.4. The molecule has 1 fully saturated rings. The number of rotatable bonds is 18. The van der Waals surface area contributed by atoms with Crippen LogP contribution in [0.4, 0.5) is 26.3 Å². The molecule has 0 heterocycles. The van der Waals surface area contributed by atoms with Crippen LogP contribution in [0.5, 0.6) is 0 Å². The molecule has 6 nitrogen and oxygen atoms in total. The molecule has 0 amide bonds. The molecule has 2 aromatic rings. The quantitative estimate of drug-likeness (QED) is 0.0643. The first-order valence-corrected chi connectivity index (χ1v) is 24.5. The van der Waals surface area contributed by atoms with E-state index in [-0.39, 0.29) is 40.6 Å². The van der Waals surface area contributed by atoms with E-state index in [2.05, 4.69) is 112 Å². The van der Waals surface area contributed by atoms with Crippen molar-refractivity contribution in [2.24, 2.45) is 11.8 Å². The van der Waals surface area contributed by atoms with Gasteiger partial charge in [0.05, 0.1) is 0 Å². The Morgan fingerprint density at radius 3 is 1.57 bits per heavy atom. The van der Waals surface area contributed by atoms with Gasteiger partial charge in [-0.3, -0.25) is 18.4 Å². The van der Waals surface area contributed by atoms with Gasteiger partial charge in [0.15, 0.2) is 23.6 Å². The zero-order valence-electron chi connectivity index (χ0n) is 31.9. The van der Waals surface area contributed by atoms with Crippen molar-refractivity contribution in [1.29, 1.82) is 0 Å². The summed E-state index contributed by atoms with van der Waals surface area (Å²) in [5, 5.41) is 1.75. The van der Waals surface area contributed by atoms with Crippen molar-refractivity contribution >= 4 is 56.3 Å². The van der Waals surface area contributed by atoms with Crippen LogP contribution < -0.4 is 10.4 Å². The van der Waals surface area contributed by atoms with Crippen LogP contribution in [-0.4, -0.2) is 65.3 Å². The summed E-state index contributed by atoms with van der Waals surface area (Å²) in [5.74, 6) is -1.71. The minimum Gasteiger partial charge on any atom is -0.413 e. The van der Waals surface area contributed by atoms with Gasteiger partial charge in [0.25, 0.3) is 8.32 Å². The molecule has 0 N–H and O–H groups in total. The SMILES string of the molecule is CC(C)[Si](O[C@H]1C[C@@H](CO[Si](c2ccccc2)(c2ccccc2)C(C)(C)C)[C@H]1CC(=O)C(Br)P(=O)(OCC(F)(F)F)OCC(F)(F)F)(C(C)C)C(C)C. The third-order valence-electron chi connectivity index (χ3n) is 10.4. The maximum Gasteiger partial charge on any atom is 0.412 e. The summed E-state index contributed by atoms with van der Waals surface area (Å²) in [6.45, 7) is 15.0. The molecule has 300 valence electrons. The van der Waals surface area contributed by atoms with Crippen LogP contribution in [-0.2, 0) is 27.3 Å². The van der Waals surface area contributed by atoms with Crippen LogP contribution in [0.3, 0.4) is 0 Å². The van der Waals surface area contributed by atoms with Crippen molar-refractivity contribution in [2.75, 3.05) is 19.8 Å². The summed E-state index contributed by atoms with van der Waals surface area (Å²) < 4.78 is 113. The molecule has 2 aromatic carbocycles. The molecule has 0 bridgehead atoms. The van der Waals surface area contributed by atoms with Crippen LogP contribution in [0.15, 0.2) is 60.7 Å². The largest absolute Gasteiger partial charge is 0.413 e. The lowest BCUT2D eigenvalue weighted by atomic mass is 9.69. The van der Waals surface area contributed by atoms with Crippen LogP contribution in [0.1, 0.15) is 75.2 Å². The number of ketones is 1. The fourth-order valence-electron chi connectivity index (χ4n) is 8.05. The normalized spacial score (nSPS) is 19.9. The second-order valence-corrected chi connectivity index (χ2v) is 29.4. The minimum absolute atomic E-state index is 0.196. The lowest BCUT2D eigenvalue weighted by Gasteiger charge is -2.53. The van der Waals surface area contributed by atoms with Gasteiger partial charge in [0, 0.05) is 19.1 Å². The highest BCUT2D eigenvalue weighted by atomic mass is 79.9. The number of benzene rings is 2. The van der Waals surface area contributed by atoms with E-state index in [9.17, 15) is 35.7 Å². The summed E-state index contributed by atoms with van der Waals surface area (Å²) in [7, 11) is -10.8. The first-order chi connectivity index (χ1) is 24.3. The zero-order valence-corrected chi connectivity index (χ0v) is 36.4. The van der Waals surface area contributed by atoms with E-state index in [4.69, 9.17) is 8.85 Å². The number of hydrogen-bond donors (Lipinski definition) is 0. The lowest BCUT2D eigenvalue weighted by Crippen LogP contribution is -2.67. The Balaban J connectivity index is 2.05. The predicted octanol–water partition coefficient (Wildman–Crippen LogP) is 10.8. The fourth-order valence-corrected chi connectivity index (χ4v) is 20.6. The second kappa shape index (κ2) is 17.9. The van der Waals surface area contributed by atoms with Gasteiger partial charge in [0.1, 0.15) is 0 Å². The highest BCUT2D eigenvalue weighted by Crippen LogP contribution is 2.59. The number of Topliss-reactive ketones (excluding diaryl/α,β-unsaturated/α-hetero) is 1. The van der Waals surface area contributed by atoms with E-state index in [0.717, 1.165) is 10.4 Å². The second-order valence-electron chi connectivity index (χ2n) is 15.9. The number of carbonyl (C=O) groups excluding carboxylic acids is 1. The van der Waals surface area contributed by atoms with E-state index in [0.29, 0.717) is 6.42 Å². The molecule has 0 aromatic heterocycles. The van der Waals surface area contributed by atoms with Gasteiger partial charge in [-0.1, -0.05) is 139 Å². The summed E-state index contributed by atoms with van der Waals surface area (Å²) >= 11 is 2.86. The maximum atomic E-state index is 13.9. The third kappa shape index (κ3) is 11.0. The van der Waals surface area contributed by atoms with Crippen molar-refractivity contribution < 1.29 is 53.6 Å². The van der Waals surface area contributed by atoms with Crippen LogP contribution >= 0.6 is 23.5 Å². The smallest absolute Gasteiger partial charge is 0.412 e. The molecule has 1 saturated carbocycles. The van der Waals surface area contributed by atoms with Crippen LogP contribution in [0, 0.1) is 11.8 Å². The van der Waals surface area contributed by atoms with E-state index in [1.54, 1.807) is 0 Å². The Morgan fingerprint density at radius 2 is 1.21 bits per heavy atom. The predicted molar refractivity (Wildman–Crippen MR) is 205 cm³/mol. The number of halogens is 7. The molecule has 0 aliphatic heterocycles. The van der Waals surface area contributed by atoms with E-state index in [1.807, 2.05) is 36.4 Å². The number of alkyl halides is 7. The Hall–Kier alpha value is -1.33. The standard InChI is InChI=1S/C37H54BrF6O6PSi2/c1-25(2)52(26(3)4,27(5)6)50-33-20-28(22-49-53(35(7,8)9,29-16-12-10-13-17-29)30-18-14-11-15-19-30)31(33)21-32(45)34(38)51(46,47-23-36(39,40)41)48-24-37(42,43)44/h10-19,25-28,31,33-34H,20-24H2,1-9H3/t28-,31+,33-,34?/m0/s1.